The first-order valence-corrected chi connectivity index (χ1v) is 8.15. The van der Waals surface area contributed by atoms with E-state index in [2.05, 4.69) is 10.6 Å². The molecular weight excluding hydrogens is 292 g/mol. The lowest BCUT2D eigenvalue weighted by Crippen LogP contribution is -2.31. The van der Waals surface area contributed by atoms with E-state index in [4.69, 9.17) is 0 Å². The molecule has 0 aromatic heterocycles. The third-order valence-electron chi connectivity index (χ3n) is 4.27. The van der Waals surface area contributed by atoms with Gasteiger partial charge in [-0.2, -0.15) is 0 Å². The summed E-state index contributed by atoms with van der Waals surface area (Å²) in [6.07, 6.45) is 2.40. The van der Waals surface area contributed by atoms with Crippen LogP contribution < -0.4 is 10.6 Å². The monoisotopic (exact) mass is 318 g/mol. The molecule has 2 rings (SSSR count). The summed E-state index contributed by atoms with van der Waals surface area (Å²) >= 11 is 0. The number of anilines is 1. The van der Waals surface area contributed by atoms with Crippen LogP contribution in [0.5, 0.6) is 0 Å². The summed E-state index contributed by atoms with van der Waals surface area (Å²) in [6.45, 7) is 6.50. The zero-order chi connectivity index (χ0) is 17.0. The summed E-state index contributed by atoms with van der Waals surface area (Å²) in [4.78, 5) is 24.0. The van der Waals surface area contributed by atoms with Crippen LogP contribution in [0.25, 0.3) is 0 Å². The van der Waals surface area contributed by atoms with E-state index in [0.717, 1.165) is 24.1 Å². The van der Waals surface area contributed by atoms with Crippen molar-refractivity contribution in [1.82, 2.24) is 5.32 Å². The van der Waals surface area contributed by atoms with Crippen molar-refractivity contribution in [1.29, 1.82) is 0 Å². The van der Waals surface area contributed by atoms with Crippen molar-refractivity contribution >= 4 is 17.5 Å². The number of nitrogens with one attached hydrogen (secondary N) is 2. The molecule has 0 atom stereocenters. The highest BCUT2D eigenvalue weighted by Gasteiger charge is 2.42. The Morgan fingerprint density at radius 3 is 2.52 bits per heavy atom. The molecule has 126 valence electrons. The lowest BCUT2D eigenvalue weighted by atomic mass is 10.1. The van der Waals surface area contributed by atoms with Crippen molar-refractivity contribution in [2.75, 3.05) is 18.5 Å². The zero-order valence-electron chi connectivity index (χ0n) is 14.1. The van der Waals surface area contributed by atoms with E-state index in [9.17, 15) is 14.7 Å². The number of carbonyl (C=O) groups is 2. The van der Waals surface area contributed by atoms with Crippen LogP contribution in [-0.2, 0) is 4.79 Å². The van der Waals surface area contributed by atoms with Crippen molar-refractivity contribution in [3.8, 4) is 0 Å². The summed E-state index contributed by atoms with van der Waals surface area (Å²) in [5.74, 6) is 0.147. The van der Waals surface area contributed by atoms with Crippen LogP contribution in [0, 0.1) is 18.3 Å². The maximum absolute atomic E-state index is 12.2. The smallest absolute Gasteiger partial charge is 0.251 e. The van der Waals surface area contributed by atoms with Crippen LogP contribution in [0.2, 0.25) is 0 Å². The summed E-state index contributed by atoms with van der Waals surface area (Å²) in [6, 6.07) is 5.26. The second kappa shape index (κ2) is 7.13. The normalized spacial score (nSPS) is 15.3. The summed E-state index contributed by atoms with van der Waals surface area (Å²) < 4.78 is 0. The van der Waals surface area contributed by atoms with Crippen LogP contribution in [0.3, 0.4) is 0 Å². The number of aliphatic hydroxyl groups excluding tert-OH is 1. The van der Waals surface area contributed by atoms with Gasteiger partial charge in [-0.05, 0) is 49.4 Å². The molecule has 0 unspecified atom stereocenters. The molecule has 0 spiro atoms. The first kappa shape index (κ1) is 17.5. The lowest BCUT2D eigenvalue weighted by molar-refractivity contribution is -0.116. The van der Waals surface area contributed by atoms with Crippen LogP contribution in [0.15, 0.2) is 18.2 Å². The van der Waals surface area contributed by atoms with Gasteiger partial charge in [0, 0.05) is 29.6 Å². The van der Waals surface area contributed by atoms with Gasteiger partial charge in [0.1, 0.15) is 0 Å². The molecule has 3 N–H and O–H groups in total. The maximum atomic E-state index is 12.2. The molecule has 2 amide bonds. The van der Waals surface area contributed by atoms with Gasteiger partial charge in [-0.25, -0.2) is 0 Å². The Labute approximate surface area is 137 Å². The molecular formula is C18H26N2O3. The predicted molar refractivity (Wildman–Crippen MR) is 90.3 cm³/mol. The number of hydrogen-bond donors (Lipinski definition) is 3. The highest BCUT2D eigenvalue weighted by atomic mass is 16.3. The van der Waals surface area contributed by atoms with Gasteiger partial charge in [0.05, 0.1) is 6.61 Å². The van der Waals surface area contributed by atoms with E-state index in [0.29, 0.717) is 24.4 Å². The first-order valence-electron chi connectivity index (χ1n) is 8.15. The van der Waals surface area contributed by atoms with Crippen molar-refractivity contribution in [2.24, 2.45) is 11.3 Å². The molecule has 1 aromatic carbocycles. The molecule has 5 heteroatoms. The molecule has 1 aliphatic rings. The lowest BCUT2D eigenvalue weighted by Gasteiger charge is -2.14. The summed E-state index contributed by atoms with van der Waals surface area (Å²) in [5, 5.41) is 15.0. The quantitative estimate of drug-likeness (QED) is 0.723. The number of hydrogen-bond acceptors (Lipinski definition) is 3. The fraction of sp³-hybridized carbons (Fsp3) is 0.556. The van der Waals surface area contributed by atoms with E-state index in [1.54, 1.807) is 18.2 Å². The summed E-state index contributed by atoms with van der Waals surface area (Å²) in [5.41, 5.74) is 2.06. The number of aliphatic hydroxyl groups is 1. The van der Waals surface area contributed by atoms with Crippen LogP contribution in [-0.4, -0.2) is 30.1 Å². The van der Waals surface area contributed by atoms with Crippen molar-refractivity contribution in [2.45, 2.75) is 40.0 Å². The molecule has 1 saturated carbocycles. The molecule has 1 fully saturated rings. The Hall–Kier alpha value is -1.88. The van der Waals surface area contributed by atoms with E-state index in [-0.39, 0.29) is 23.8 Å². The third-order valence-corrected chi connectivity index (χ3v) is 4.27. The van der Waals surface area contributed by atoms with E-state index in [1.165, 1.54) is 0 Å². The Morgan fingerprint density at radius 2 is 2.00 bits per heavy atom. The minimum Gasteiger partial charge on any atom is -0.396 e. The fourth-order valence-electron chi connectivity index (χ4n) is 2.45. The second-order valence-electron chi connectivity index (χ2n) is 7.02. The predicted octanol–water partition coefficient (Wildman–Crippen LogP) is 2.48. The standard InChI is InChI=1S/C18H26N2O3/c1-12(2)8-16(22)20-15-5-4-14(9-13(15)3)17(23)19-10-18(11-21)6-7-18/h4-5,9,12,21H,6-8,10-11H2,1-3H3,(H,19,23)(H,20,22). The molecule has 1 aliphatic carbocycles. The molecule has 0 saturated heterocycles. The van der Waals surface area contributed by atoms with Gasteiger partial charge >= 0.3 is 0 Å². The third kappa shape index (κ3) is 4.79. The minimum absolute atomic E-state index is 0.0149. The molecule has 0 heterocycles. The Morgan fingerprint density at radius 1 is 1.30 bits per heavy atom. The van der Waals surface area contributed by atoms with Crippen molar-refractivity contribution in [3.63, 3.8) is 0 Å². The van der Waals surface area contributed by atoms with Crippen LogP contribution in [0.4, 0.5) is 5.69 Å². The SMILES string of the molecule is Cc1cc(C(=O)NCC2(CO)CC2)ccc1NC(=O)CC(C)C. The average Bonchev–Trinajstić information content (AvgIpc) is 3.26. The zero-order valence-corrected chi connectivity index (χ0v) is 14.1. The Balaban J connectivity index is 1.95. The van der Waals surface area contributed by atoms with Gasteiger partial charge in [-0.15, -0.1) is 0 Å². The van der Waals surface area contributed by atoms with Gasteiger partial charge in [-0.3, -0.25) is 9.59 Å². The minimum atomic E-state index is -0.145. The molecule has 23 heavy (non-hydrogen) atoms. The number of aryl methyl sites for hydroxylation is 1. The summed E-state index contributed by atoms with van der Waals surface area (Å²) in [7, 11) is 0. The largest absolute Gasteiger partial charge is 0.396 e. The first-order chi connectivity index (χ1) is 10.8. The number of benzene rings is 1. The van der Waals surface area contributed by atoms with Gasteiger partial charge < -0.3 is 15.7 Å². The second-order valence-corrected chi connectivity index (χ2v) is 7.02. The van der Waals surface area contributed by atoms with Crippen LogP contribution >= 0.6 is 0 Å². The highest BCUT2D eigenvalue weighted by Crippen LogP contribution is 2.44. The molecule has 0 aliphatic heterocycles. The number of amides is 2. The van der Waals surface area contributed by atoms with E-state index >= 15 is 0 Å². The topological polar surface area (TPSA) is 78.4 Å². The highest BCUT2D eigenvalue weighted by molar-refractivity contribution is 5.96. The van der Waals surface area contributed by atoms with E-state index < -0.39 is 0 Å². The molecule has 0 radical (unpaired) electrons. The van der Waals surface area contributed by atoms with Crippen molar-refractivity contribution < 1.29 is 14.7 Å². The average molecular weight is 318 g/mol. The molecule has 1 aromatic rings. The Bertz CT molecular complexity index is 592. The maximum Gasteiger partial charge on any atom is 0.251 e. The molecule has 5 nitrogen and oxygen atoms in total. The van der Waals surface area contributed by atoms with Gasteiger partial charge in [-0.1, -0.05) is 13.8 Å². The van der Waals surface area contributed by atoms with Gasteiger partial charge in [0.15, 0.2) is 0 Å². The van der Waals surface area contributed by atoms with Gasteiger partial charge in [0.2, 0.25) is 5.91 Å². The van der Waals surface area contributed by atoms with Crippen molar-refractivity contribution in [3.05, 3.63) is 29.3 Å². The van der Waals surface area contributed by atoms with Gasteiger partial charge in [0.25, 0.3) is 5.91 Å². The molecule has 0 bridgehead atoms. The fourth-order valence-corrected chi connectivity index (χ4v) is 2.45. The number of rotatable bonds is 7. The van der Waals surface area contributed by atoms with Crippen LogP contribution in [0.1, 0.15) is 49.0 Å². The number of carbonyl (C=O) groups excluding carboxylic acids is 2. The Kier molecular flexibility index (Phi) is 5.42. The van der Waals surface area contributed by atoms with E-state index in [1.807, 2.05) is 20.8 Å².